The van der Waals surface area contributed by atoms with Crippen LogP contribution in [0.25, 0.3) is 6.08 Å². The predicted molar refractivity (Wildman–Crippen MR) is 84.8 cm³/mol. The number of ether oxygens (including phenoxy) is 1. The molecule has 0 saturated heterocycles. The van der Waals surface area contributed by atoms with Crippen molar-refractivity contribution in [3.8, 4) is 5.75 Å². The van der Waals surface area contributed by atoms with Crippen LogP contribution in [0.2, 0.25) is 0 Å². The second kappa shape index (κ2) is 7.65. The number of aryl methyl sites for hydroxylation is 1. The summed E-state index contributed by atoms with van der Waals surface area (Å²) in [4.78, 5) is 15.8. The van der Waals surface area contributed by atoms with Gasteiger partial charge in [0.05, 0.1) is 7.11 Å². The van der Waals surface area contributed by atoms with Gasteiger partial charge in [-0.15, -0.1) is 5.10 Å². The zero-order valence-electron chi connectivity index (χ0n) is 12.4. The lowest BCUT2D eigenvalue weighted by molar-refractivity contribution is -0.131. The van der Waals surface area contributed by atoms with Gasteiger partial charge in [-0.3, -0.25) is 5.10 Å². The lowest BCUT2D eigenvalue weighted by Gasteiger charge is -2.02. The number of thioether (sulfide) groups is 1. The van der Waals surface area contributed by atoms with Crippen molar-refractivity contribution in [2.75, 3.05) is 7.11 Å². The number of H-pyrrole nitrogens is 1. The Labute approximate surface area is 132 Å². The van der Waals surface area contributed by atoms with Crippen LogP contribution in [0.15, 0.2) is 34.3 Å². The van der Waals surface area contributed by atoms with Gasteiger partial charge in [0.2, 0.25) is 5.16 Å². The molecule has 0 unspecified atom stereocenters. The van der Waals surface area contributed by atoms with Gasteiger partial charge in [-0.2, -0.15) is 0 Å². The summed E-state index contributed by atoms with van der Waals surface area (Å²) < 4.78 is 5.13. The molecule has 0 atom stereocenters. The van der Waals surface area contributed by atoms with Crippen LogP contribution in [0, 0.1) is 0 Å². The fourth-order valence-electron chi connectivity index (χ4n) is 1.79. The highest BCUT2D eigenvalue weighted by atomic mass is 32.2. The number of nitrogens with one attached hydrogen (secondary N) is 1. The molecule has 0 aliphatic carbocycles. The molecule has 6 nitrogen and oxygen atoms in total. The number of benzene rings is 1. The zero-order valence-corrected chi connectivity index (χ0v) is 13.2. The van der Waals surface area contributed by atoms with E-state index in [0.29, 0.717) is 10.9 Å². The molecule has 0 aliphatic heterocycles. The largest absolute Gasteiger partial charge is 0.497 e. The van der Waals surface area contributed by atoms with Gasteiger partial charge in [-0.05, 0) is 42.0 Å². The Bertz CT molecular complexity index is 682. The number of nitrogens with zero attached hydrogens (tertiary/aromatic N) is 2. The van der Waals surface area contributed by atoms with Crippen LogP contribution in [0.4, 0.5) is 0 Å². The average Bonchev–Trinajstić information content (AvgIpc) is 2.94. The normalized spacial score (nSPS) is 11.5. The van der Waals surface area contributed by atoms with Gasteiger partial charge in [0.25, 0.3) is 0 Å². The van der Waals surface area contributed by atoms with Gasteiger partial charge in [-0.25, -0.2) is 9.78 Å². The number of aliphatic carboxylic acids is 1. The molecule has 1 aromatic carbocycles. The Kier molecular flexibility index (Phi) is 5.60. The zero-order chi connectivity index (χ0) is 15.9. The van der Waals surface area contributed by atoms with Crippen molar-refractivity contribution in [1.29, 1.82) is 0 Å². The van der Waals surface area contributed by atoms with Crippen molar-refractivity contribution >= 4 is 23.8 Å². The van der Waals surface area contributed by atoms with E-state index in [1.165, 1.54) is 0 Å². The first-order valence-electron chi connectivity index (χ1n) is 6.80. The lowest BCUT2D eigenvalue weighted by atomic mass is 10.2. The summed E-state index contributed by atoms with van der Waals surface area (Å²) >= 11 is 1.02. The van der Waals surface area contributed by atoms with Crippen LogP contribution >= 0.6 is 11.8 Å². The van der Waals surface area contributed by atoms with Gasteiger partial charge in [0, 0.05) is 6.42 Å². The summed E-state index contributed by atoms with van der Waals surface area (Å²) in [5.74, 6) is 0.414. The lowest BCUT2D eigenvalue weighted by Crippen LogP contribution is -1.97. The Morgan fingerprint density at radius 2 is 2.32 bits per heavy atom. The first kappa shape index (κ1) is 16.1. The number of carboxylic acids is 1. The molecule has 0 fully saturated rings. The molecule has 0 amide bonds. The van der Waals surface area contributed by atoms with E-state index in [1.54, 1.807) is 31.4 Å². The first-order valence-corrected chi connectivity index (χ1v) is 7.62. The molecule has 0 saturated carbocycles. The Morgan fingerprint density at radius 3 is 3.00 bits per heavy atom. The van der Waals surface area contributed by atoms with Crippen molar-refractivity contribution < 1.29 is 14.6 Å². The van der Waals surface area contributed by atoms with Gasteiger partial charge < -0.3 is 9.84 Å². The highest BCUT2D eigenvalue weighted by molar-refractivity contribution is 8.04. The molecule has 116 valence electrons. The Balaban J connectivity index is 2.21. The van der Waals surface area contributed by atoms with E-state index in [2.05, 4.69) is 15.2 Å². The smallest absolute Gasteiger partial charge is 0.342 e. The van der Waals surface area contributed by atoms with E-state index >= 15 is 0 Å². The third-order valence-electron chi connectivity index (χ3n) is 2.80. The van der Waals surface area contributed by atoms with Crippen molar-refractivity contribution in [2.24, 2.45) is 0 Å². The number of aromatic amines is 1. The van der Waals surface area contributed by atoms with E-state index < -0.39 is 5.97 Å². The fraction of sp³-hybridized carbons (Fsp3) is 0.267. The highest BCUT2D eigenvalue weighted by Crippen LogP contribution is 2.26. The summed E-state index contributed by atoms with van der Waals surface area (Å²) in [7, 11) is 1.57. The van der Waals surface area contributed by atoms with Crippen molar-refractivity contribution in [3.63, 3.8) is 0 Å². The van der Waals surface area contributed by atoms with E-state index in [4.69, 9.17) is 4.74 Å². The van der Waals surface area contributed by atoms with E-state index in [1.807, 2.05) is 13.0 Å². The number of methoxy groups -OCH3 is 1. The molecular formula is C15H17N3O3S. The third-order valence-corrected chi connectivity index (χ3v) is 3.68. The van der Waals surface area contributed by atoms with Crippen LogP contribution in [0.3, 0.4) is 0 Å². The van der Waals surface area contributed by atoms with Crippen LogP contribution in [-0.4, -0.2) is 33.4 Å². The summed E-state index contributed by atoms with van der Waals surface area (Å²) in [6.45, 7) is 2.04. The van der Waals surface area contributed by atoms with Crippen molar-refractivity contribution in [2.45, 2.75) is 24.9 Å². The molecule has 7 heteroatoms. The maximum atomic E-state index is 11.4. The highest BCUT2D eigenvalue weighted by Gasteiger charge is 2.13. The molecule has 2 rings (SSSR count). The van der Waals surface area contributed by atoms with E-state index in [9.17, 15) is 9.90 Å². The molecule has 0 aliphatic rings. The molecule has 2 aromatic rings. The van der Waals surface area contributed by atoms with Crippen LogP contribution in [0.1, 0.15) is 24.7 Å². The third kappa shape index (κ3) is 4.36. The molecule has 0 bridgehead atoms. The number of hydrogen-bond acceptors (Lipinski definition) is 5. The minimum absolute atomic E-state index is 0.148. The minimum atomic E-state index is -1.02. The SMILES string of the molecule is CCCc1nc(S/C(=C\c2cccc(OC)c2)C(=O)O)n[nH]1. The molecule has 1 heterocycles. The van der Waals surface area contributed by atoms with Gasteiger partial charge in [0.1, 0.15) is 16.5 Å². The van der Waals surface area contributed by atoms with Crippen molar-refractivity contribution in [3.05, 3.63) is 40.6 Å². The summed E-state index contributed by atoms with van der Waals surface area (Å²) in [6, 6.07) is 7.19. The fourth-order valence-corrected chi connectivity index (χ4v) is 2.51. The molecule has 1 aromatic heterocycles. The number of carbonyl (C=O) groups is 1. The monoisotopic (exact) mass is 319 g/mol. The van der Waals surface area contributed by atoms with E-state index in [0.717, 1.165) is 36.0 Å². The number of hydrogen-bond donors (Lipinski definition) is 2. The number of aromatic nitrogens is 3. The molecule has 0 spiro atoms. The molecular weight excluding hydrogens is 302 g/mol. The molecule has 22 heavy (non-hydrogen) atoms. The van der Waals surface area contributed by atoms with Crippen LogP contribution in [-0.2, 0) is 11.2 Å². The molecule has 0 radical (unpaired) electrons. The van der Waals surface area contributed by atoms with Crippen molar-refractivity contribution in [1.82, 2.24) is 15.2 Å². The molecule has 2 N–H and O–H groups in total. The van der Waals surface area contributed by atoms with Gasteiger partial charge in [0.15, 0.2) is 0 Å². The van der Waals surface area contributed by atoms with Gasteiger partial charge in [-0.1, -0.05) is 19.1 Å². The maximum Gasteiger partial charge on any atom is 0.342 e. The summed E-state index contributed by atoms with van der Waals surface area (Å²) in [5, 5.41) is 16.6. The maximum absolute atomic E-state index is 11.4. The number of rotatable bonds is 7. The standard InChI is InChI=1S/C15H17N3O3S/c1-3-5-13-16-15(18-17-13)22-12(14(19)20)9-10-6-4-7-11(8-10)21-2/h4,6-9H,3,5H2,1-2H3,(H,19,20)(H,16,17,18)/b12-9-. The Hall–Kier alpha value is -2.28. The second-order valence-corrected chi connectivity index (χ2v) is 5.52. The van der Waals surface area contributed by atoms with Crippen LogP contribution < -0.4 is 4.74 Å². The van der Waals surface area contributed by atoms with E-state index in [-0.39, 0.29) is 4.91 Å². The summed E-state index contributed by atoms with van der Waals surface area (Å²) in [6.07, 6.45) is 3.31. The van der Waals surface area contributed by atoms with Gasteiger partial charge >= 0.3 is 5.97 Å². The number of carboxylic acid groups (broad SMARTS) is 1. The minimum Gasteiger partial charge on any atom is -0.497 e. The summed E-state index contributed by atoms with van der Waals surface area (Å²) in [5.41, 5.74) is 0.744. The average molecular weight is 319 g/mol. The quantitative estimate of drug-likeness (QED) is 0.602. The first-order chi connectivity index (χ1) is 10.6. The Morgan fingerprint density at radius 1 is 1.50 bits per heavy atom. The second-order valence-electron chi connectivity index (χ2n) is 4.51. The van der Waals surface area contributed by atoms with Crippen LogP contribution in [0.5, 0.6) is 5.75 Å². The topological polar surface area (TPSA) is 88.1 Å². The predicted octanol–water partition coefficient (Wildman–Crippen LogP) is 2.98.